The van der Waals surface area contributed by atoms with Gasteiger partial charge in [0.05, 0.1) is 4.47 Å². The first-order valence-corrected chi connectivity index (χ1v) is 5.36. The molecular weight excluding hydrogens is 246 g/mol. The first-order valence-electron chi connectivity index (χ1n) is 4.57. The Morgan fingerprint density at radius 3 is 2.79 bits per heavy atom. The van der Waals surface area contributed by atoms with Crippen LogP contribution >= 0.6 is 15.9 Å². The van der Waals surface area contributed by atoms with Crippen molar-refractivity contribution in [3.8, 4) is 5.75 Å². The Hall–Kier alpha value is -0.580. The van der Waals surface area contributed by atoms with E-state index in [4.69, 9.17) is 4.74 Å². The van der Waals surface area contributed by atoms with Crippen LogP contribution in [-0.4, -0.2) is 30.4 Å². The van der Waals surface area contributed by atoms with Crippen LogP contribution in [0.1, 0.15) is 0 Å². The van der Waals surface area contributed by atoms with Crippen molar-refractivity contribution >= 4 is 15.9 Å². The highest BCUT2D eigenvalue weighted by Gasteiger charge is 2.26. The smallest absolute Gasteiger partial charge is 0.138 e. The number of nitrogens with one attached hydrogen (secondary N) is 1. The molecular formula is C10H12BrNO2. The highest BCUT2D eigenvalue weighted by Crippen LogP contribution is 2.25. The van der Waals surface area contributed by atoms with Crippen LogP contribution in [0.15, 0.2) is 28.7 Å². The Balaban J connectivity index is 2.07. The molecule has 1 aromatic carbocycles. The van der Waals surface area contributed by atoms with E-state index < -0.39 is 6.10 Å². The van der Waals surface area contributed by atoms with E-state index in [0.717, 1.165) is 10.2 Å². The highest BCUT2D eigenvalue weighted by atomic mass is 79.9. The molecule has 0 spiro atoms. The molecule has 14 heavy (non-hydrogen) atoms. The fourth-order valence-corrected chi connectivity index (χ4v) is 1.84. The van der Waals surface area contributed by atoms with Crippen LogP contribution < -0.4 is 10.1 Å². The van der Waals surface area contributed by atoms with E-state index in [2.05, 4.69) is 21.2 Å². The number of β-amino-alcohol motifs (C(OH)–C–C–N with tert-alkyl or cyclic N) is 1. The van der Waals surface area contributed by atoms with Gasteiger partial charge in [-0.3, -0.25) is 0 Å². The average Bonchev–Trinajstić information content (AvgIpc) is 2.56. The molecule has 1 aliphatic heterocycles. The molecule has 0 bridgehead atoms. The summed E-state index contributed by atoms with van der Waals surface area (Å²) in [6.45, 7) is 1.30. The minimum absolute atomic E-state index is 0.145. The predicted octanol–water partition coefficient (Wildman–Crippen LogP) is 1.16. The van der Waals surface area contributed by atoms with E-state index in [1.807, 2.05) is 24.3 Å². The molecule has 0 radical (unpaired) electrons. The van der Waals surface area contributed by atoms with Crippen molar-refractivity contribution in [1.82, 2.24) is 5.32 Å². The lowest BCUT2D eigenvalue weighted by atomic mass is 10.2. The van der Waals surface area contributed by atoms with Crippen LogP contribution in [0.3, 0.4) is 0 Å². The normalized spacial score (nSPS) is 26.4. The van der Waals surface area contributed by atoms with E-state index >= 15 is 0 Å². The van der Waals surface area contributed by atoms with Gasteiger partial charge in [-0.15, -0.1) is 0 Å². The highest BCUT2D eigenvalue weighted by molar-refractivity contribution is 9.10. The Kier molecular flexibility index (Phi) is 3.05. The van der Waals surface area contributed by atoms with Crippen LogP contribution in [0.2, 0.25) is 0 Å². The van der Waals surface area contributed by atoms with Gasteiger partial charge in [0.15, 0.2) is 0 Å². The molecule has 1 heterocycles. The van der Waals surface area contributed by atoms with Crippen molar-refractivity contribution in [2.75, 3.05) is 13.1 Å². The van der Waals surface area contributed by atoms with Gasteiger partial charge in [0.25, 0.3) is 0 Å². The molecule has 4 heteroatoms. The number of rotatable bonds is 2. The molecule has 0 saturated carbocycles. The van der Waals surface area contributed by atoms with E-state index in [9.17, 15) is 5.11 Å². The largest absolute Gasteiger partial charge is 0.485 e. The van der Waals surface area contributed by atoms with Gasteiger partial charge < -0.3 is 15.2 Å². The van der Waals surface area contributed by atoms with E-state index in [0.29, 0.717) is 13.1 Å². The quantitative estimate of drug-likeness (QED) is 0.836. The molecule has 3 nitrogen and oxygen atoms in total. The lowest BCUT2D eigenvalue weighted by Crippen LogP contribution is -2.29. The SMILES string of the molecule is OC1CNCC1Oc1ccccc1Br. The summed E-state index contributed by atoms with van der Waals surface area (Å²) in [6, 6.07) is 7.65. The zero-order chi connectivity index (χ0) is 9.97. The predicted molar refractivity (Wildman–Crippen MR) is 57.4 cm³/mol. The third-order valence-electron chi connectivity index (χ3n) is 2.24. The van der Waals surface area contributed by atoms with Crippen molar-refractivity contribution < 1.29 is 9.84 Å². The molecule has 1 aliphatic rings. The second-order valence-electron chi connectivity index (χ2n) is 3.31. The fourth-order valence-electron chi connectivity index (χ4n) is 1.46. The second-order valence-corrected chi connectivity index (χ2v) is 4.17. The van der Waals surface area contributed by atoms with Crippen LogP contribution in [-0.2, 0) is 0 Å². The monoisotopic (exact) mass is 257 g/mol. The Morgan fingerprint density at radius 2 is 2.14 bits per heavy atom. The molecule has 0 amide bonds. The summed E-state index contributed by atoms with van der Waals surface area (Å²) in [6.07, 6.45) is -0.559. The van der Waals surface area contributed by atoms with Crippen LogP contribution in [0.25, 0.3) is 0 Å². The Morgan fingerprint density at radius 1 is 1.36 bits per heavy atom. The maximum atomic E-state index is 9.54. The summed E-state index contributed by atoms with van der Waals surface area (Å²) >= 11 is 3.40. The lowest BCUT2D eigenvalue weighted by molar-refractivity contribution is 0.0732. The third-order valence-corrected chi connectivity index (χ3v) is 2.90. The third kappa shape index (κ3) is 2.08. The lowest BCUT2D eigenvalue weighted by Gasteiger charge is -2.16. The number of aliphatic hydroxyl groups excluding tert-OH is 1. The van der Waals surface area contributed by atoms with E-state index in [1.54, 1.807) is 0 Å². The molecule has 2 N–H and O–H groups in total. The van der Waals surface area contributed by atoms with Gasteiger partial charge in [-0.2, -0.15) is 0 Å². The van der Waals surface area contributed by atoms with Crippen LogP contribution in [0.5, 0.6) is 5.75 Å². The van der Waals surface area contributed by atoms with Gasteiger partial charge >= 0.3 is 0 Å². The maximum absolute atomic E-state index is 9.54. The van der Waals surface area contributed by atoms with Gasteiger partial charge in [-0.05, 0) is 28.1 Å². The summed E-state index contributed by atoms with van der Waals surface area (Å²) in [5.74, 6) is 0.778. The molecule has 2 unspecified atom stereocenters. The van der Waals surface area contributed by atoms with E-state index in [1.165, 1.54) is 0 Å². The summed E-state index contributed by atoms with van der Waals surface area (Å²) in [5.41, 5.74) is 0. The minimum Gasteiger partial charge on any atom is -0.485 e. The molecule has 2 atom stereocenters. The maximum Gasteiger partial charge on any atom is 0.138 e. The summed E-state index contributed by atoms with van der Waals surface area (Å²) < 4.78 is 6.57. The molecule has 1 saturated heterocycles. The number of ether oxygens (including phenoxy) is 1. The number of benzene rings is 1. The first kappa shape index (κ1) is 9.96. The molecule has 0 aromatic heterocycles. The van der Waals surface area contributed by atoms with Gasteiger partial charge in [0.2, 0.25) is 0 Å². The molecule has 1 fully saturated rings. The summed E-state index contributed by atoms with van der Waals surface area (Å²) in [7, 11) is 0. The molecule has 2 rings (SSSR count). The van der Waals surface area contributed by atoms with Crippen molar-refractivity contribution in [1.29, 1.82) is 0 Å². The standard InChI is InChI=1S/C10H12BrNO2/c11-7-3-1-2-4-9(7)14-10-6-12-5-8(10)13/h1-4,8,10,12-13H,5-6H2. The molecule has 0 aliphatic carbocycles. The Bertz CT molecular complexity index is 319. The number of para-hydroxylation sites is 1. The second kappa shape index (κ2) is 4.29. The van der Waals surface area contributed by atoms with Crippen LogP contribution in [0, 0.1) is 0 Å². The fraction of sp³-hybridized carbons (Fsp3) is 0.400. The van der Waals surface area contributed by atoms with Gasteiger partial charge in [0.1, 0.15) is 18.0 Å². The summed E-state index contributed by atoms with van der Waals surface area (Å²) in [4.78, 5) is 0. The molecule has 1 aromatic rings. The Labute approximate surface area is 91.2 Å². The first-order chi connectivity index (χ1) is 6.77. The van der Waals surface area contributed by atoms with Crippen LogP contribution in [0.4, 0.5) is 0 Å². The zero-order valence-corrected chi connectivity index (χ0v) is 9.20. The number of hydrogen-bond donors (Lipinski definition) is 2. The van der Waals surface area contributed by atoms with E-state index in [-0.39, 0.29) is 6.10 Å². The topological polar surface area (TPSA) is 41.5 Å². The van der Waals surface area contributed by atoms with Crippen molar-refractivity contribution in [3.63, 3.8) is 0 Å². The number of aliphatic hydroxyl groups is 1. The van der Waals surface area contributed by atoms with Gasteiger partial charge in [-0.25, -0.2) is 0 Å². The zero-order valence-electron chi connectivity index (χ0n) is 7.61. The average molecular weight is 258 g/mol. The minimum atomic E-state index is -0.415. The van der Waals surface area contributed by atoms with Crippen molar-refractivity contribution in [2.24, 2.45) is 0 Å². The summed E-state index contributed by atoms with van der Waals surface area (Å²) in [5, 5.41) is 12.6. The molecule has 76 valence electrons. The van der Waals surface area contributed by atoms with Crippen molar-refractivity contribution in [3.05, 3.63) is 28.7 Å². The number of halogens is 1. The van der Waals surface area contributed by atoms with Gasteiger partial charge in [-0.1, -0.05) is 12.1 Å². The van der Waals surface area contributed by atoms with Crippen molar-refractivity contribution in [2.45, 2.75) is 12.2 Å². The van der Waals surface area contributed by atoms with Gasteiger partial charge in [0, 0.05) is 13.1 Å². The number of hydrogen-bond acceptors (Lipinski definition) is 3.